The number of pyridine rings is 1. The molecular formula is C22H25IN2O4S. The third kappa shape index (κ3) is 4.22. The summed E-state index contributed by atoms with van der Waals surface area (Å²) in [5.41, 5.74) is 1.39. The minimum Gasteiger partial charge on any atom is -0.489 e. The molecule has 30 heavy (non-hydrogen) atoms. The lowest BCUT2D eigenvalue weighted by atomic mass is 10.2. The molecule has 4 rings (SSSR count). The SMILES string of the molecule is CC(C)(C)S(=O)(=O)c1cn2c(I)cnc2cc1OCC1(OCc2ccccc2)CC1. The monoisotopic (exact) mass is 540 g/mol. The number of imidazole rings is 1. The predicted octanol–water partition coefficient (Wildman–Crippen LogP) is 4.64. The molecule has 1 saturated carbocycles. The van der Waals surface area contributed by atoms with Gasteiger partial charge in [0, 0.05) is 12.3 Å². The Morgan fingerprint density at radius 3 is 2.53 bits per heavy atom. The average Bonchev–Trinajstić information content (AvgIpc) is 3.40. The second kappa shape index (κ2) is 7.80. The minimum atomic E-state index is -3.61. The van der Waals surface area contributed by atoms with Crippen molar-refractivity contribution < 1.29 is 17.9 Å². The maximum absolute atomic E-state index is 13.3. The number of nitrogens with zero attached hydrogens (tertiary/aromatic N) is 2. The van der Waals surface area contributed by atoms with Crippen molar-refractivity contribution in [1.29, 1.82) is 0 Å². The Bertz CT molecular complexity index is 1160. The first-order valence-electron chi connectivity index (χ1n) is 9.83. The van der Waals surface area contributed by atoms with Crippen LogP contribution in [0.25, 0.3) is 5.65 Å². The Morgan fingerprint density at radius 1 is 1.20 bits per heavy atom. The van der Waals surface area contributed by atoms with E-state index in [0.717, 1.165) is 22.1 Å². The van der Waals surface area contributed by atoms with Crippen LogP contribution in [0.3, 0.4) is 0 Å². The number of aromatic nitrogens is 2. The molecule has 0 spiro atoms. The van der Waals surface area contributed by atoms with Crippen molar-refractivity contribution in [1.82, 2.24) is 9.38 Å². The molecule has 0 atom stereocenters. The smallest absolute Gasteiger partial charge is 0.188 e. The third-order valence-electron chi connectivity index (χ3n) is 5.31. The van der Waals surface area contributed by atoms with Crippen LogP contribution in [-0.4, -0.2) is 34.8 Å². The van der Waals surface area contributed by atoms with Crippen LogP contribution in [0, 0.1) is 3.70 Å². The Balaban J connectivity index is 1.60. The highest BCUT2D eigenvalue weighted by Crippen LogP contribution is 2.42. The number of sulfone groups is 1. The topological polar surface area (TPSA) is 69.9 Å². The number of benzene rings is 1. The van der Waals surface area contributed by atoms with Gasteiger partial charge in [0.05, 0.1) is 17.6 Å². The van der Waals surface area contributed by atoms with Crippen LogP contribution in [0.2, 0.25) is 0 Å². The molecule has 0 radical (unpaired) electrons. The Kier molecular flexibility index (Phi) is 5.61. The normalized spacial score (nSPS) is 16.0. The van der Waals surface area contributed by atoms with E-state index in [1.807, 2.05) is 30.3 Å². The average molecular weight is 540 g/mol. The van der Waals surface area contributed by atoms with E-state index in [9.17, 15) is 8.42 Å². The molecule has 0 bridgehead atoms. The molecule has 0 aliphatic heterocycles. The van der Waals surface area contributed by atoms with Gasteiger partial charge in [0.25, 0.3) is 0 Å². The van der Waals surface area contributed by atoms with Gasteiger partial charge in [-0.15, -0.1) is 0 Å². The van der Waals surface area contributed by atoms with Crippen LogP contribution in [-0.2, 0) is 21.2 Å². The van der Waals surface area contributed by atoms with Crippen LogP contribution in [0.1, 0.15) is 39.2 Å². The van der Waals surface area contributed by atoms with Crippen LogP contribution in [0.5, 0.6) is 5.75 Å². The molecule has 160 valence electrons. The van der Waals surface area contributed by atoms with E-state index < -0.39 is 14.6 Å². The minimum absolute atomic E-state index is 0.178. The zero-order valence-corrected chi connectivity index (χ0v) is 20.2. The zero-order chi connectivity index (χ0) is 21.6. The lowest BCUT2D eigenvalue weighted by Crippen LogP contribution is -2.29. The number of rotatable bonds is 7. The van der Waals surface area contributed by atoms with Crippen molar-refractivity contribution in [3.05, 3.63) is 58.1 Å². The fourth-order valence-electron chi connectivity index (χ4n) is 3.09. The van der Waals surface area contributed by atoms with Gasteiger partial charge in [-0.05, 0) is 61.8 Å². The number of fused-ring (bicyclic) bond motifs is 1. The second-order valence-corrected chi connectivity index (χ2v) is 12.4. The number of hydrogen-bond donors (Lipinski definition) is 0. The molecule has 1 aliphatic carbocycles. The summed E-state index contributed by atoms with van der Waals surface area (Å²) in [6.45, 7) is 5.90. The van der Waals surface area contributed by atoms with Crippen LogP contribution < -0.4 is 4.74 Å². The molecule has 0 unspecified atom stereocenters. The second-order valence-electron chi connectivity index (χ2n) is 8.67. The van der Waals surface area contributed by atoms with Gasteiger partial charge >= 0.3 is 0 Å². The number of ether oxygens (including phenoxy) is 2. The third-order valence-corrected chi connectivity index (χ3v) is 8.61. The van der Waals surface area contributed by atoms with Crippen LogP contribution in [0.4, 0.5) is 0 Å². The highest BCUT2D eigenvalue weighted by Gasteiger charge is 2.45. The van der Waals surface area contributed by atoms with Crippen molar-refractivity contribution in [2.75, 3.05) is 6.61 Å². The molecule has 2 aromatic heterocycles. The number of halogens is 1. The van der Waals surface area contributed by atoms with Gasteiger partial charge in [0.2, 0.25) is 0 Å². The first-order chi connectivity index (χ1) is 14.1. The molecule has 6 nitrogen and oxygen atoms in total. The summed E-state index contributed by atoms with van der Waals surface area (Å²) in [4.78, 5) is 4.53. The van der Waals surface area contributed by atoms with Crippen molar-refractivity contribution in [3.63, 3.8) is 0 Å². The lowest BCUT2D eigenvalue weighted by Gasteiger charge is -2.23. The van der Waals surface area contributed by atoms with E-state index in [-0.39, 0.29) is 10.5 Å². The van der Waals surface area contributed by atoms with Crippen molar-refractivity contribution in [2.24, 2.45) is 0 Å². The van der Waals surface area contributed by atoms with Gasteiger partial charge < -0.3 is 9.47 Å². The van der Waals surface area contributed by atoms with Crippen LogP contribution >= 0.6 is 22.6 Å². The van der Waals surface area contributed by atoms with Crippen molar-refractivity contribution >= 4 is 38.1 Å². The van der Waals surface area contributed by atoms with Gasteiger partial charge in [-0.2, -0.15) is 0 Å². The Labute approximate surface area is 190 Å². The van der Waals surface area contributed by atoms with Crippen LogP contribution in [0.15, 0.2) is 53.7 Å². The van der Waals surface area contributed by atoms with E-state index in [1.165, 1.54) is 0 Å². The first-order valence-corrected chi connectivity index (χ1v) is 12.4. The molecule has 0 saturated heterocycles. The van der Waals surface area contributed by atoms with Gasteiger partial charge in [-0.25, -0.2) is 13.4 Å². The summed E-state index contributed by atoms with van der Waals surface area (Å²) >= 11 is 2.14. The molecule has 0 N–H and O–H groups in total. The maximum Gasteiger partial charge on any atom is 0.188 e. The first kappa shape index (κ1) is 21.6. The summed E-state index contributed by atoms with van der Waals surface area (Å²) in [6.07, 6.45) is 5.11. The van der Waals surface area contributed by atoms with Gasteiger partial charge in [-0.1, -0.05) is 30.3 Å². The Morgan fingerprint density at radius 2 is 1.90 bits per heavy atom. The maximum atomic E-state index is 13.3. The van der Waals surface area contributed by atoms with E-state index in [1.54, 1.807) is 43.6 Å². The molecule has 1 aromatic carbocycles. The summed E-state index contributed by atoms with van der Waals surface area (Å²) in [7, 11) is -3.61. The highest BCUT2D eigenvalue weighted by molar-refractivity contribution is 14.1. The van der Waals surface area contributed by atoms with E-state index in [4.69, 9.17) is 9.47 Å². The van der Waals surface area contributed by atoms with E-state index in [0.29, 0.717) is 24.6 Å². The lowest BCUT2D eigenvalue weighted by molar-refractivity contribution is -0.0112. The fraction of sp³-hybridized carbons (Fsp3) is 0.409. The Hall–Kier alpha value is -1.65. The summed E-state index contributed by atoms with van der Waals surface area (Å²) < 4.78 is 40.4. The fourth-order valence-corrected chi connectivity index (χ4v) is 4.90. The van der Waals surface area contributed by atoms with Crippen molar-refractivity contribution in [3.8, 4) is 5.75 Å². The predicted molar refractivity (Wildman–Crippen MR) is 124 cm³/mol. The van der Waals surface area contributed by atoms with Gasteiger partial charge in [-0.3, -0.25) is 4.40 Å². The van der Waals surface area contributed by atoms with E-state index in [2.05, 4.69) is 27.6 Å². The van der Waals surface area contributed by atoms with E-state index >= 15 is 0 Å². The molecule has 3 aromatic rings. The molecule has 8 heteroatoms. The van der Waals surface area contributed by atoms with Crippen molar-refractivity contribution in [2.45, 2.75) is 55.5 Å². The molecule has 1 fully saturated rings. The largest absolute Gasteiger partial charge is 0.489 e. The molecule has 1 aliphatic rings. The molecular weight excluding hydrogens is 515 g/mol. The van der Waals surface area contributed by atoms with Gasteiger partial charge in [0.15, 0.2) is 9.84 Å². The number of hydrogen-bond acceptors (Lipinski definition) is 5. The zero-order valence-electron chi connectivity index (χ0n) is 17.3. The summed E-state index contributed by atoms with van der Waals surface area (Å²) in [6, 6.07) is 11.7. The standard InChI is InChI=1S/C22H25IN2O4S/c1-21(2,3)30(26,27)18-13-25-19(23)12-24-20(25)11-17(18)28-15-22(9-10-22)29-14-16-7-5-4-6-8-16/h4-8,11-13H,9-10,14-15H2,1-3H3. The summed E-state index contributed by atoms with van der Waals surface area (Å²) in [5.74, 6) is 0.328. The van der Waals surface area contributed by atoms with Gasteiger partial charge in [0.1, 0.15) is 32.2 Å². The molecule has 0 amide bonds. The molecule has 2 heterocycles. The highest BCUT2D eigenvalue weighted by atomic mass is 127. The quantitative estimate of drug-likeness (QED) is 0.409. The summed E-state index contributed by atoms with van der Waals surface area (Å²) in [5, 5.41) is 0.